The van der Waals surface area contributed by atoms with Crippen LogP contribution in [0.5, 0.6) is 0 Å². The Balaban J connectivity index is 2.39. The Labute approximate surface area is 93.3 Å². The van der Waals surface area contributed by atoms with E-state index in [0.717, 1.165) is 22.4 Å². The van der Waals surface area contributed by atoms with Gasteiger partial charge < -0.3 is 10.1 Å². The van der Waals surface area contributed by atoms with E-state index in [-0.39, 0.29) is 12.3 Å². The van der Waals surface area contributed by atoms with Crippen LogP contribution in [-0.2, 0) is 4.79 Å². The summed E-state index contributed by atoms with van der Waals surface area (Å²) in [5, 5.41) is 8.73. The summed E-state index contributed by atoms with van der Waals surface area (Å²) in [5.41, 5.74) is 2.99. The minimum Gasteiger partial charge on any atom is -0.481 e. The van der Waals surface area contributed by atoms with Gasteiger partial charge in [0.25, 0.3) is 0 Å². The zero-order valence-electron chi connectivity index (χ0n) is 9.32. The molecule has 2 N–H and O–H groups in total. The highest BCUT2D eigenvalue weighted by molar-refractivity contribution is 5.78. The van der Waals surface area contributed by atoms with Gasteiger partial charge in [-0.15, -0.1) is 0 Å². The summed E-state index contributed by atoms with van der Waals surface area (Å²) in [6, 6.07) is 5.91. The second kappa shape index (κ2) is 3.96. The molecule has 1 unspecified atom stereocenters. The van der Waals surface area contributed by atoms with E-state index in [1.165, 1.54) is 0 Å². The van der Waals surface area contributed by atoms with Crippen LogP contribution in [0.1, 0.15) is 30.7 Å². The molecule has 84 valence electrons. The molecule has 0 bridgehead atoms. The van der Waals surface area contributed by atoms with E-state index in [0.29, 0.717) is 0 Å². The number of aromatic nitrogens is 2. The first-order valence-electron chi connectivity index (χ1n) is 5.25. The van der Waals surface area contributed by atoms with Crippen LogP contribution in [0.4, 0.5) is 0 Å². The fourth-order valence-electron chi connectivity index (χ4n) is 1.79. The molecule has 1 aromatic carbocycles. The summed E-state index contributed by atoms with van der Waals surface area (Å²) < 4.78 is 0. The van der Waals surface area contributed by atoms with E-state index < -0.39 is 5.97 Å². The number of carbonyl (C=O) groups is 1. The lowest BCUT2D eigenvalue weighted by Gasteiger charge is -2.03. The van der Waals surface area contributed by atoms with Crippen molar-refractivity contribution in [1.29, 1.82) is 0 Å². The van der Waals surface area contributed by atoms with Crippen molar-refractivity contribution < 1.29 is 9.90 Å². The molecular weight excluding hydrogens is 204 g/mol. The van der Waals surface area contributed by atoms with Crippen molar-refractivity contribution in [3.63, 3.8) is 0 Å². The molecule has 0 aliphatic rings. The minimum absolute atomic E-state index is 0.0932. The predicted molar refractivity (Wildman–Crippen MR) is 61.5 cm³/mol. The van der Waals surface area contributed by atoms with Gasteiger partial charge in [-0.2, -0.15) is 0 Å². The number of nitrogens with one attached hydrogen (secondary N) is 1. The highest BCUT2D eigenvalue weighted by Gasteiger charge is 2.14. The van der Waals surface area contributed by atoms with E-state index >= 15 is 0 Å². The zero-order chi connectivity index (χ0) is 11.7. The number of benzene rings is 1. The van der Waals surface area contributed by atoms with Crippen molar-refractivity contribution in [2.24, 2.45) is 0 Å². The van der Waals surface area contributed by atoms with Crippen LogP contribution >= 0.6 is 0 Å². The molecular formula is C12H14N2O2. The number of nitrogens with zero attached hydrogens (tertiary/aromatic N) is 1. The molecule has 2 rings (SSSR count). The first-order chi connectivity index (χ1) is 7.58. The number of aromatic amines is 1. The van der Waals surface area contributed by atoms with E-state index in [4.69, 9.17) is 5.11 Å². The zero-order valence-corrected chi connectivity index (χ0v) is 9.32. The Morgan fingerprint density at radius 1 is 1.56 bits per heavy atom. The van der Waals surface area contributed by atoms with Crippen molar-refractivity contribution in [1.82, 2.24) is 9.97 Å². The molecule has 0 radical (unpaired) electrons. The number of imidazole rings is 1. The lowest BCUT2D eigenvalue weighted by Crippen LogP contribution is -2.04. The third-order valence-electron chi connectivity index (χ3n) is 2.68. The van der Waals surface area contributed by atoms with Gasteiger partial charge in [-0.25, -0.2) is 4.98 Å². The number of fused-ring (bicyclic) bond motifs is 1. The van der Waals surface area contributed by atoms with Crippen molar-refractivity contribution in [2.75, 3.05) is 0 Å². The molecule has 1 atom stereocenters. The second-order valence-electron chi connectivity index (χ2n) is 4.09. The van der Waals surface area contributed by atoms with Crippen LogP contribution in [0.2, 0.25) is 0 Å². The van der Waals surface area contributed by atoms with Gasteiger partial charge in [0.05, 0.1) is 17.5 Å². The smallest absolute Gasteiger partial charge is 0.304 e. The van der Waals surface area contributed by atoms with Crippen LogP contribution in [0.15, 0.2) is 18.2 Å². The van der Waals surface area contributed by atoms with E-state index in [2.05, 4.69) is 9.97 Å². The topological polar surface area (TPSA) is 66.0 Å². The molecule has 0 aliphatic heterocycles. The maximum Gasteiger partial charge on any atom is 0.304 e. The SMILES string of the molecule is Cc1cccc2[nH]c(C(C)CC(=O)O)nc12. The molecule has 1 heterocycles. The van der Waals surface area contributed by atoms with Crippen molar-refractivity contribution in [3.8, 4) is 0 Å². The standard InChI is InChI=1S/C12H14N2O2/c1-7-4-3-5-9-11(7)14-12(13-9)8(2)6-10(15)16/h3-5,8H,6H2,1-2H3,(H,13,14)(H,15,16). The fourth-order valence-corrected chi connectivity index (χ4v) is 1.79. The summed E-state index contributed by atoms with van der Waals surface area (Å²) in [6.45, 7) is 3.86. The van der Waals surface area contributed by atoms with Gasteiger partial charge in [-0.1, -0.05) is 19.1 Å². The van der Waals surface area contributed by atoms with Gasteiger partial charge in [0.1, 0.15) is 5.82 Å². The average molecular weight is 218 g/mol. The van der Waals surface area contributed by atoms with Gasteiger partial charge in [-0.05, 0) is 18.6 Å². The Hall–Kier alpha value is -1.84. The number of hydrogen-bond acceptors (Lipinski definition) is 2. The number of para-hydroxylation sites is 1. The van der Waals surface area contributed by atoms with Gasteiger partial charge >= 0.3 is 5.97 Å². The van der Waals surface area contributed by atoms with Crippen LogP contribution in [-0.4, -0.2) is 21.0 Å². The molecule has 0 saturated heterocycles. The average Bonchev–Trinajstić information content (AvgIpc) is 2.61. The van der Waals surface area contributed by atoms with Gasteiger partial charge in [-0.3, -0.25) is 4.79 Å². The van der Waals surface area contributed by atoms with E-state index in [1.54, 1.807) is 0 Å². The van der Waals surface area contributed by atoms with Gasteiger partial charge in [0.15, 0.2) is 0 Å². The van der Waals surface area contributed by atoms with Gasteiger partial charge in [0.2, 0.25) is 0 Å². The summed E-state index contributed by atoms with van der Waals surface area (Å²) in [7, 11) is 0. The third-order valence-corrected chi connectivity index (χ3v) is 2.68. The molecule has 4 heteroatoms. The highest BCUT2D eigenvalue weighted by atomic mass is 16.4. The Bertz CT molecular complexity index is 531. The van der Waals surface area contributed by atoms with Crippen molar-refractivity contribution in [2.45, 2.75) is 26.2 Å². The molecule has 0 spiro atoms. The van der Waals surface area contributed by atoms with Crippen LogP contribution in [0.25, 0.3) is 11.0 Å². The molecule has 4 nitrogen and oxygen atoms in total. The quantitative estimate of drug-likeness (QED) is 0.831. The first-order valence-corrected chi connectivity index (χ1v) is 5.25. The predicted octanol–water partition coefficient (Wildman–Crippen LogP) is 2.45. The first kappa shape index (κ1) is 10.7. The molecule has 2 aromatic rings. The maximum absolute atomic E-state index is 10.6. The van der Waals surface area contributed by atoms with E-state index in [1.807, 2.05) is 32.0 Å². The number of carboxylic acids is 1. The van der Waals surface area contributed by atoms with Crippen LogP contribution in [0.3, 0.4) is 0 Å². The number of aliphatic carboxylic acids is 1. The number of carboxylic acid groups (broad SMARTS) is 1. The number of H-pyrrole nitrogens is 1. The van der Waals surface area contributed by atoms with Crippen LogP contribution < -0.4 is 0 Å². The summed E-state index contributed by atoms with van der Waals surface area (Å²) in [6.07, 6.45) is 0.0961. The fraction of sp³-hybridized carbons (Fsp3) is 0.333. The monoisotopic (exact) mass is 218 g/mol. The van der Waals surface area contributed by atoms with Crippen LogP contribution in [0, 0.1) is 6.92 Å². The molecule has 0 aliphatic carbocycles. The second-order valence-corrected chi connectivity index (χ2v) is 4.09. The van der Waals surface area contributed by atoms with Crippen molar-refractivity contribution in [3.05, 3.63) is 29.6 Å². The number of aryl methyl sites for hydroxylation is 1. The molecule has 0 saturated carbocycles. The minimum atomic E-state index is -0.801. The lowest BCUT2D eigenvalue weighted by atomic mass is 10.1. The van der Waals surface area contributed by atoms with Gasteiger partial charge in [0, 0.05) is 5.92 Å². The molecule has 16 heavy (non-hydrogen) atoms. The Morgan fingerprint density at radius 2 is 2.31 bits per heavy atom. The Morgan fingerprint density at radius 3 is 2.94 bits per heavy atom. The molecule has 1 aromatic heterocycles. The number of rotatable bonds is 3. The van der Waals surface area contributed by atoms with E-state index in [9.17, 15) is 4.79 Å². The molecule has 0 amide bonds. The number of hydrogen-bond donors (Lipinski definition) is 2. The summed E-state index contributed by atoms with van der Waals surface area (Å²) in [4.78, 5) is 18.2. The summed E-state index contributed by atoms with van der Waals surface area (Å²) >= 11 is 0. The Kier molecular flexibility index (Phi) is 2.64. The lowest BCUT2D eigenvalue weighted by molar-refractivity contribution is -0.137. The normalized spacial score (nSPS) is 12.9. The maximum atomic E-state index is 10.6. The largest absolute Gasteiger partial charge is 0.481 e. The third kappa shape index (κ3) is 1.91. The molecule has 0 fully saturated rings. The summed E-state index contributed by atoms with van der Waals surface area (Å²) in [5.74, 6) is -0.152. The highest BCUT2D eigenvalue weighted by Crippen LogP contribution is 2.21. The van der Waals surface area contributed by atoms with Crippen molar-refractivity contribution >= 4 is 17.0 Å².